The van der Waals surface area contributed by atoms with Gasteiger partial charge in [0.25, 0.3) is 0 Å². The third-order valence-corrected chi connectivity index (χ3v) is 2.87. The molecule has 21 heavy (non-hydrogen) atoms. The first-order valence-corrected chi connectivity index (χ1v) is 6.76. The first-order valence-electron chi connectivity index (χ1n) is 6.76. The van der Waals surface area contributed by atoms with Crippen LogP contribution in [0.1, 0.15) is 18.9 Å². The molecule has 0 aliphatic carbocycles. The lowest BCUT2D eigenvalue weighted by Crippen LogP contribution is -2.23. The van der Waals surface area contributed by atoms with Crippen molar-refractivity contribution in [1.82, 2.24) is 10.2 Å². The van der Waals surface area contributed by atoms with E-state index >= 15 is 0 Å². The van der Waals surface area contributed by atoms with Gasteiger partial charge >= 0.3 is 5.69 Å². The summed E-state index contributed by atoms with van der Waals surface area (Å²) < 4.78 is 5.37. The topological polar surface area (TPSA) is 84.7 Å². The predicted octanol–water partition coefficient (Wildman–Crippen LogP) is 1.56. The Bertz CT molecular complexity index is 503. The lowest BCUT2D eigenvalue weighted by molar-refractivity contribution is -0.385. The van der Waals surface area contributed by atoms with Gasteiger partial charge < -0.3 is 15.0 Å². The molecule has 0 saturated carbocycles. The van der Waals surface area contributed by atoms with E-state index in [4.69, 9.17) is 4.74 Å². The molecule has 0 fully saturated rings. The van der Waals surface area contributed by atoms with Gasteiger partial charge in [-0.2, -0.15) is 0 Å². The quantitative estimate of drug-likeness (QED) is 0.581. The summed E-state index contributed by atoms with van der Waals surface area (Å²) in [6.07, 6.45) is 0.184. The third-order valence-electron chi connectivity index (χ3n) is 2.87. The summed E-state index contributed by atoms with van der Waals surface area (Å²) in [5.41, 5.74) is 0.739. The number of nitro benzene ring substituents is 1. The SMILES string of the molecule is CCNCc1ccc(OCCC(=O)N(C)C)c([N+](=O)[O-])c1. The predicted molar refractivity (Wildman–Crippen MR) is 79.3 cm³/mol. The standard InChI is InChI=1S/C14H21N3O4/c1-4-15-10-11-5-6-13(12(9-11)17(19)20)21-8-7-14(18)16(2)3/h5-6,9,15H,4,7-8,10H2,1-3H3. The normalized spacial score (nSPS) is 10.2. The van der Waals surface area contributed by atoms with E-state index in [1.807, 2.05) is 6.92 Å². The number of carbonyl (C=O) groups is 1. The number of hydrogen-bond acceptors (Lipinski definition) is 5. The van der Waals surface area contributed by atoms with Crippen LogP contribution in [0.15, 0.2) is 18.2 Å². The highest BCUT2D eigenvalue weighted by molar-refractivity contribution is 5.75. The highest BCUT2D eigenvalue weighted by atomic mass is 16.6. The lowest BCUT2D eigenvalue weighted by atomic mass is 10.2. The number of hydrogen-bond donors (Lipinski definition) is 1. The zero-order valence-electron chi connectivity index (χ0n) is 12.6. The molecule has 1 aromatic rings. The van der Waals surface area contributed by atoms with Crippen molar-refractivity contribution in [3.05, 3.63) is 33.9 Å². The van der Waals surface area contributed by atoms with Gasteiger partial charge in [0.1, 0.15) is 0 Å². The molecule has 0 heterocycles. The van der Waals surface area contributed by atoms with E-state index in [0.29, 0.717) is 6.54 Å². The van der Waals surface area contributed by atoms with E-state index in [9.17, 15) is 14.9 Å². The van der Waals surface area contributed by atoms with Crippen LogP contribution in [-0.2, 0) is 11.3 Å². The summed E-state index contributed by atoms with van der Waals surface area (Å²) in [5.74, 6) is 0.105. The zero-order chi connectivity index (χ0) is 15.8. The largest absolute Gasteiger partial charge is 0.486 e. The van der Waals surface area contributed by atoms with Crippen molar-refractivity contribution in [3.8, 4) is 5.75 Å². The van der Waals surface area contributed by atoms with E-state index in [1.54, 1.807) is 26.2 Å². The molecule has 0 aliphatic rings. The van der Waals surface area contributed by atoms with Gasteiger partial charge in [-0.15, -0.1) is 0 Å². The Labute approximate surface area is 124 Å². The molecule has 0 unspecified atom stereocenters. The van der Waals surface area contributed by atoms with Gasteiger partial charge in [0.2, 0.25) is 5.91 Å². The molecule has 1 rings (SSSR count). The minimum atomic E-state index is -0.474. The second kappa shape index (κ2) is 8.21. The molecule has 0 aromatic heterocycles. The van der Waals surface area contributed by atoms with Crippen molar-refractivity contribution in [3.63, 3.8) is 0 Å². The number of nitro groups is 1. The lowest BCUT2D eigenvalue weighted by Gasteiger charge is -2.11. The third kappa shape index (κ3) is 5.39. The van der Waals surface area contributed by atoms with Gasteiger partial charge in [0, 0.05) is 26.7 Å². The van der Waals surface area contributed by atoms with Crippen LogP contribution in [-0.4, -0.2) is 43.0 Å². The maximum Gasteiger partial charge on any atom is 0.311 e. The number of nitrogens with one attached hydrogen (secondary N) is 1. The number of carbonyl (C=O) groups excluding carboxylic acids is 1. The number of benzene rings is 1. The molecule has 0 saturated heterocycles. The second-order valence-electron chi connectivity index (χ2n) is 4.73. The Morgan fingerprint density at radius 2 is 2.14 bits per heavy atom. The Morgan fingerprint density at radius 1 is 1.43 bits per heavy atom. The van der Waals surface area contributed by atoms with Gasteiger partial charge in [-0.1, -0.05) is 13.0 Å². The average Bonchev–Trinajstić information content (AvgIpc) is 2.45. The number of ether oxygens (including phenoxy) is 1. The van der Waals surface area contributed by atoms with Crippen molar-refractivity contribution < 1.29 is 14.5 Å². The first-order chi connectivity index (χ1) is 9.95. The Hall–Kier alpha value is -2.15. The average molecular weight is 295 g/mol. The highest BCUT2D eigenvalue weighted by Gasteiger charge is 2.16. The minimum absolute atomic E-state index is 0.0808. The molecule has 7 heteroatoms. The van der Waals surface area contributed by atoms with Crippen LogP contribution < -0.4 is 10.1 Å². The summed E-state index contributed by atoms with van der Waals surface area (Å²) in [6, 6.07) is 4.84. The molecular formula is C14H21N3O4. The van der Waals surface area contributed by atoms with Crippen molar-refractivity contribution in [2.24, 2.45) is 0 Å². The molecule has 1 N–H and O–H groups in total. The summed E-state index contributed by atoms with van der Waals surface area (Å²) in [7, 11) is 3.31. The Morgan fingerprint density at radius 3 is 2.71 bits per heavy atom. The smallest absolute Gasteiger partial charge is 0.311 e. The van der Waals surface area contributed by atoms with Crippen molar-refractivity contribution in [2.45, 2.75) is 19.9 Å². The van der Waals surface area contributed by atoms with Gasteiger partial charge in [0.05, 0.1) is 18.0 Å². The maximum absolute atomic E-state index is 11.4. The van der Waals surface area contributed by atoms with Gasteiger partial charge in [-0.05, 0) is 18.2 Å². The second-order valence-corrected chi connectivity index (χ2v) is 4.73. The molecule has 1 amide bonds. The fourth-order valence-electron chi connectivity index (χ4n) is 1.68. The molecule has 0 aliphatic heterocycles. The van der Waals surface area contributed by atoms with E-state index in [1.165, 1.54) is 11.0 Å². The number of nitrogens with zero attached hydrogens (tertiary/aromatic N) is 2. The Balaban J connectivity index is 2.72. The fourth-order valence-corrected chi connectivity index (χ4v) is 1.68. The number of rotatable bonds is 8. The minimum Gasteiger partial charge on any atom is -0.486 e. The summed E-state index contributed by atoms with van der Waals surface area (Å²) in [5, 5.41) is 14.2. The van der Waals surface area contributed by atoms with Crippen LogP contribution >= 0.6 is 0 Å². The van der Waals surface area contributed by atoms with E-state index in [-0.39, 0.29) is 30.4 Å². The fraction of sp³-hybridized carbons (Fsp3) is 0.500. The maximum atomic E-state index is 11.4. The highest BCUT2D eigenvalue weighted by Crippen LogP contribution is 2.28. The van der Waals surface area contributed by atoms with Crippen LogP contribution in [0.4, 0.5) is 5.69 Å². The van der Waals surface area contributed by atoms with Gasteiger partial charge in [0.15, 0.2) is 5.75 Å². The van der Waals surface area contributed by atoms with Crippen LogP contribution in [0.3, 0.4) is 0 Å². The molecule has 0 bridgehead atoms. The summed E-state index contributed by atoms with van der Waals surface area (Å²) >= 11 is 0. The van der Waals surface area contributed by atoms with E-state index in [0.717, 1.165) is 12.1 Å². The number of amides is 1. The molecule has 1 aromatic carbocycles. The van der Waals surface area contributed by atoms with Gasteiger partial charge in [-0.3, -0.25) is 14.9 Å². The van der Waals surface area contributed by atoms with Crippen LogP contribution in [0.25, 0.3) is 0 Å². The van der Waals surface area contributed by atoms with Crippen LogP contribution in [0.2, 0.25) is 0 Å². The van der Waals surface area contributed by atoms with E-state index < -0.39 is 4.92 Å². The molecule has 116 valence electrons. The molecular weight excluding hydrogens is 274 g/mol. The van der Waals surface area contributed by atoms with Crippen molar-refractivity contribution >= 4 is 11.6 Å². The summed E-state index contributed by atoms with van der Waals surface area (Å²) in [6.45, 7) is 3.44. The van der Waals surface area contributed by atoms with Gasteiger partial charge in [-0.25, -0.2) is 0 Å². The monoisotopic (exact) mass is 295 g/mol. The van der Waals surface area contributed by atoms with Crippen molar-refractivity contribution in [2.75, 3.05) is 27.2 Å². The van der Waals surface area contributed by atoms with Crippen molar-refractivity contribution in [1.29, 1.82) is 0 Å². The Kier molecular flexibility index (Phi) is 6.61. The molecule has 0 atom stereocenters. The molecule has 7 nitrogen and oxygen atoms in total. The van der Waals surface area contributed by atoms with Crippen LogP contribution in [0.5, 0.6) is 5.75 Å². The molecule has 0 radical (unpaired) electrons. The first kappa shape index (κ1) is 16.9. The molecule has 0 spiro atoms. The zero-order valence-corrected chi connectivity index (χ0v) is 12.6. The summed E-state index contributed by atoms with van der Waals surface area (Å²) in [4.78, 5) is 23.5. The van der Waals surface area contributed by atoms with Crippen LogP contribution in [0, 0.1) is 10.1 Å². The van der Waals surface area contributed by atoms with E-state index in [2.05, 4.69) is 5.32 Å².